The standard InChI is InChI=1S/C96H84O12/c97-85-61-19-7-23-65(85)47-77-35-57-15-3-4-17-59-39-81-51-69-27-11-29-71(89(69)101)53-83-41-60(42-84(96(83)108)54-72-30-12-28-70(90(72)102)52-82(40-59)95(81)107)18-6-5-16-58-37-79-49-67-25-9-21-63(87(67)99)45-75-33-56(34-76(92(75)104)46-64-22-10-26-68(88(64)100)50-80(38-58)94(79)106)14-2-1-13-55-31-73(43-61)91(103)74(32-55)44-62-20-8-24-66(86(62)98)48-78(36-57)93(77)105/h1-12,19-42,97-108H,13-18,43-54H2/b2-1-,4-3-,6-5?. The number of hydrogen-bond acceptors (Lipinski definition) is 12. The van der Waals surface area contributed by atoms with Crippen molar-refractivity contribution in [2.45, 2.75) is 116 Å². The van der Waals surface area contributed by atoms with Crippen LogP contribution in [0.1, 0.15) is 167 Å². The first-order valence-electron chi connectivity index (χ1n) is 37.1. The lowest BCUT2D eigenvalue weighted by molar-refractivity contribution is 0.448. The van der Waals surface area contributed by atoms with Gasteiger partial charge in [-0.25, -0.2) is 0 Å². The summed E-state index contributed by atoms with van der Waals surface area (Å²) in [5.74, 6) is 0.630. The minimum atomic E-state index is 0.0481. The number of phenolic OH excluding ortho intramolecular Hbond substituents is 12. The number of aromatic hydroxyl groups is 12. The quantitative estimate of drug-likeness (QED) is 0.0635. The molecule has 12 aromatic carbocycles. The van der Waals surface area contributed by atoms with Gasteiger partial charge in [-0.2, -0.15) is 0 Å². The number of para-hydroxylation sites is 6. The largest absolute Gasteiger partial charge is 0.507 e. The van der Waals surface area contributed by atoms with Crippen LogP contribution in [0.5, 0.6) is 69.0 Å². The van der Waals surface area contributed by atoms with E-state index in [4.69, 9.17) is 0 Å². The Hall–Kier alpha value is -12.5. The van der Waals surface area contributed by atoms with Crippen LogP contribution < -0.4 is 0 Å². The molecule has 21 rings (SSSR count). The highest BCUT2D eigenvalue weighted by molar-refractivity contribution is 5.62. The van der Waals surface area contributed by atoms with E-state index in [9.17, 15) is 61.3 Å². The molecule has 0 atom stereocenters. The van der Waals surface area contributed by atoms with Crippen LogP contribution in [0.15, 0.2) is 218 Å². The lowest BCUT2D eigenvalue weighted by atomic mass is 9.89. The SMILES string of the molecule is Oc1c2cccc1Cc1cc3cc(c1O)Cc1cccc(c1O)Cc1cc(cc(c1O)C2)CC=CCc1cc2c(O)c(c1)Cc1cccc(c1O)Cc1cc(cc(c1O)Cc1cccc(c1O)C2)C/C=C\Cc1cc2c(O)c(c1)Cc1cccc(c1O)Cc1cc(cc(c1O)Cc1cccc(c1O)C2)C/C=C\C3. The Balaban J connectivity index is 0.824. The van der Waals surface area contributed by atoms with Crippen molar-refractivity contribution < 1.29 is 61.3 Å². The zero-order valence-electron chi connectivity index (χ0n) is 59.9. The van der Waals surface area contributed by atoms with Gasteiger partial charge in [0.1, 0.15) is 69.0 Å². The van der Waals surface area contributed by atoms with Gasteiger partial charge in [0.2, 0.25) is 0 Å². The Morgan fingerprint density at radius 1 is 0.130 bits per heavy atom. The Bertz CT molecular complexity index is 4520. The van der Waals surface area contributed by atoms with Gasteiger partial charge in [-0.05, 0) is 205 Å². The molecule has 0 heterocycles. The summed E-state index contributed by atoms with van der Waals surface area (Å²) in [5, 5.41) is 147. The van der Waals surface area contributed by atoms with Crippen LogP contribution in [0.25, 0.3) is 0 Å². The molecule has 12 heteroatoms. The van der Waals surface area contributed by atoms with Gasteiger partial charge in [-0.15, -0.1) is 0 Å². The van der Waals surface area contributed by atoms with Crippen LogP contribution in [0.3, 0.4) is 0 Å². The predicted molar refractivity (Wildman–Crippen MR) is 421 cm³/mol. The molecule has 12 nitrogen and oxygen atoms in total. The van der Waals surface area contributed by atoms with Crippen molar-refractivity contribution in [1.82, 2.24) is 0 Å². The van der Waals surface area contributed by atoms with E-state index in [1.165, 1.54) is 0 Å². The fourth-order valence-corrected chi connectivity index (χ4v) is 16.7. The topological polar surface area (TPSA) is 243 Å². The summed E-state index contributed by atoms with van der Waals surface area (Å²) < 4.78 is 0. The van der Waals surface area contributed by atoms with Gasteiger partial charge in [0, 0.05) is 77.0 Å². The summed E-state index contributed by atoms with van der Waals surface area (Å²) >= 11 is 0. The molecule has 0 fully saturated rings. The smallest absolute Gasteiger partial charge is 0.122 e. The molecule has 0 radical (unpaired) electrons. The number of hydrogen-bond donors (Lipinski definition) is 12. The summed E-state index contributed by atoms with van der Waals surface area (Å²) in [6, 6.07) is 56.8. The van der Waals surface area contributed by atoms with Crippen LogP contribution in [-0.2, 0) is 116 Å². The Labute approximate surface area is 627 Å². The number of phenols is 12. The molecule has 0 aromatic heterocycles. The molecule has 0 spiro atoms. The molecule has 0 saturated heterocycles. The van der Waals surface area contributed by atoms with Gasteiger partial charge in [0.25, 0.3) is 0 Å². The van der Waals surface area contributed by atoms with Crippen molar-refractivity contribution in [1.29, 1.82) is 0 Å². The highest BCUT2D eigenvalue weighted by Gasteiger charge is 2.26. The fraction of sp³-hybridized carbons (Fsp3) is 0.188. The van der Waals surface area contributed by atoms with Gasteiger partial charge < -0.3 is 61.3 Å². The first-order valence-corrected chi connectivity index (χ1v) is 37.1. The van der Waals surface area contributed by atoms with Gasteiger partial charge in [-0.3, -0.25) is 0 Å². The third kappa shape index (κ3) is 14.3. The first kappa shape index (κ1) is 69.8. The van der Waals surface area contributed by atoms with Crippen LogP contribution >= 0.6 is 0 Å². The molecule has 9 aliphatic rings. The molecule has 540 valence electrons. The average Bonchev–Trinajstić information content (AvgIpc) is 0.791. The second-order valence-electron chi connectivity index (χ2n) is 29.9. The maximum absolute atomic E-state index is 12.3. The molecule has 0 unspecified atom stereocenters. The van der Waals surface area contributed by atoms with E-state index in [-0.39, 0.29) is 146 Å². The lowest BCUT2D eigenvalue weighted by Crippen LogP contribution is -2.03. The van der Waals surface area contributed by atoms with E-state index in [1.54, 1.807) is 0 Å². The van der Waals surface area contributed by atoms with Crippen LogP contribution in [0, 0.1) is 0 Å². The highest BCUT2D eigenvalue weighted by Crippen LogP contribution is 2.44. The predicted octanol–water partition coefficient (Wildman–Crippen LogP) is 17.5. The third-order valence-corrected chi connectivity index (χ3v) is 22.4. The van der Waals surface area contributed by atoms with Gasteiger partial charge in [-0.1, -0.05) is 218 Å². The van der Waals surface area contributed by atoms with E-state index < -0.39 is 0 Å². The van der Waals surface area contributed by atoms with E-state index >= 15 is 0 Å². The van der Waals surface area contributed by atoms with Gasteiger partial charge >= 0.3 is 0 Å². The van der Waals surface area contributed by atoms with Crippen molar-refractivity contribution in [3.63, 3.8) is 0 Å². The summed E-state index contributed by atoms with van der Waals surface area (Å²) in [6.45, 7) is 0. The highest BCUT2D eigenvalue weighted by atomic mass is 16.3. The Kier molecular flexibility index (Phi) is 19.0. The lowest BCUT2D eigenvalue weighted by Gasteiger charge is -2.18. The number of benzene rings is 12. The Morgan fingerprint density at radius 2 is 0.222 bits per heavy atom. The second kappa shape index (κ2) is 29.4. The number of rotatable bonds is 0. The van der Waals surface area contributed by atoms with E-state index in [1.807, 2.05) is 182 Å². The van der Waals surface area contributed by atoms with Crippen molar-refractivity contribution in [2.75, 3.05) is 0 Å². The molecule has 0 saturated carbocycles. The van der Waals surface area contributed by atoms with Crippen molar-refractivity contribution in [3.8, 4) is 69.0 Å². The molecule has 9 aliphatic carbocycles. The van der Waals surface area contributed by atoms with Crippen molar-refractivity contribution in [3.05, 3.63) is 385 Å². The monoisotopic (exact) mass is 1430 g/mol. The number of allylic oxidation sites excluding steroid dienone is 6. The second-order valence-corrected chi connectivity index (χ2v) is 29.9. The zero-order chi connectivity index (χ0) is 74.4. The van der Waals surface area contributed by atoms with E-state index in [0.29, 0.717) is 172 Å². The maximum atomic E-state index is 12.3. The van der Waals surface area contributed by atoms with Gasteiger partial charge in [0.05, 0.1) is 0 Å². The van der Waals surface area contributed by atoms with Crippen LogP contribution in [0.2, 0.25) is 0 Å². The third-order valence-electron chi connectivity index (χ3n) is 22.4. The molecular weight excluding hydrogens is 1350 g/mol. The maximum Gasteiger partial charge on any atom is 0.122 e. The minimum Gasteiger partial charge on any atom is -0.507 e. The van der Waals surface area contributed by atoms with Crippen LogP contribution in [0.4, 0.5) is 0 Å². The molecule has 12 aromatic rings. The van der Waals surface area contributed by atoms with Crippen molar-refractivity contribution >= 4 is 0 Å². The average molecular weight is 1430 g/mol. The van der Waals surface area contributed by atoms with Gasteiger partial charge in [0.15, 0.2) is 0 Å². The molecule has 0 aliphatic heterocycles. The van der Waals surface area contributed by atoms with Crippen molar-refractivity contribution in [2.24, 2.45) is 0 Å². The van der Waals surface area contributed by atoms with E-state index in [2.05, 4.69) is 36.5 Å². The fourth-order valence-electron chi connectivity index (χ4n) is 16.7. The molecule has 108 heavy (non-hydrogen) atoms. The zero-order valence-corrected chi connectivity index (χ0v) is 59.9. The molecular formula is C96H84O12. The van der Waals surface area contributed by atoms with E-state index in [0.717, 1.165) is 33.4 Å². The summed E-state index contributed by atoms with van der Waals surface area (Å²) in [5.41, 5.74) is 19.3. The molecule has 30 bridgehead atoms. The minimum absolute atomic E-state index is 0.0481. The Morgan fingerprint density at radius 3 is 0.324 bits per heavy atom. The normalized spacial score (nSPS) is 14.9. The molecule has 0 amide bonds. The summed E-state index contributed by atoms with van der Waals surface area (Å²) in [4.78, 5) is 0. The van der Waals surface area contributed by atoms with Crippen LogP contribution in [-0.4, -0.2) is 61.3 Å². The summed E-state index contributed by atoms with van der Waals surface area (Å²) in [6.07, 6.45) is 17.2. The first-order chi connectivity index (χ1) is 52.4. The summed E-state index contributed by atoms with van der Waals surface area (Å²) in [7, 11) is 0. The molecule has 12 N–H and O–H groups in total.